The Labute approximate surface area is 149 Å². The van der Waals surface area contributed by atoms with Crippen LogP contribution in [0.25, 0.3) is 0 Å². The Morgan fingerprint density at radius 2 is 1.86 bits per heavy atom. The summed E-state index contributed by atoms with van der Waals surface area (Å²) < 4.78 is 0. The third-order valence-corrected chi connectivity index (χ3v) is 4.21. The second-order valence-electron chi connectivity index (χ2n) is 6.25. The predicted molar refractivity (Wildman–Crippen MR) is 99.3 cm³/mol. The first-order chi connectivity index (χ1) is 9.58. The van der Waals surface area contributed by atoms with E-state index in [0.717, 1.165) is 45.4 Å². The number of nitrogens with one attached hydrogen (secondary N) is 2. The van der Waals surface area contributed by atoms with Crippen LogP contribution in [0.15, 0.2) is 0 Å². The maximum Gasteiger partial charge on any atom is 0.237 e. The predicted octanol–water partition coefficient (Wildman–Crippen LogP) is 2.84. The van der Waals surface area contributed by atoms with E-state index in [9.17, 15) is 4.79 Å². The second-order valence-corrected chi connectivity index (χ2v) is 6.25. The van der Waals surface area contributed by atoms with Gasteiger partial charge in [-0.1, -0.05) is 34.1 Å². The van der Waals surface area contributed by atoms with E-state index in [2.05, 4.69) is 43.2 Å². The molecule has 1 heterocycles. The Morgan fingerprint density at radius 3 is 2.32 bits per heavy atom. The van der Waals surface area contributed by atoms with Gasteiger partial charge < -0.3 is 10.6 Å². The van der Waals surface area contributed by atoms with E-state index in [-0.39, 0.29) is 36.8 Å². The zero-order valence-corrected chi connectivity index (χ0v) is 16.2. The zero-order valence-electron chi connectivity index (χ0n) is 14.6. The van der Waals surface area contributed by atoms with Gasteiger partial charge >= 0.3 is 0 Å². The normalized spacial score (nSPS) is 19.3. The highest BCUT2D eigenvalue weighted by molar-refractivity contribution is 5.85. The Balaban J connectivity index is 0. The molecule has 134 valence electrons. The fourth-order valence-corrected chi connectivity index (χ4v) is 3.06. The fourth-order valence-electron chi connectivity index (χ4n) is 3.06. The number of carbonyl (C=O) groups is 1. The molecule has 1 rings (SSSR count). The summed E-state index contributed by atoms with van der Waals surface area (Å²) in [6, 6.07) is 0.484. The van der Waals surface area contributed by atoms with Crippen LogP contribution in [0.4, 0.5) is 0 Å². The lowest BCUT2D eigenvalue weighted by atomic mass is 10.0. The first-order valence-electron chi connectivity index (χ1n) is 8.33. The van der Waals surface area contributed by atoms with Crippen molar-refractivity contribution < 1.29 is 4.79 Å². The average molecular weight is 356 g/mol. The standard InChI is InChI=1S/C16H33N3O.2ClH/c1-5-19(6-2)14(11-13(3)4)12-18-16(20)15-9-7-8-10-17-15;;/h13-15,17H,5-12H2,1-4H3,(H,18,20);2*1H/t14?,15-;;/m1../s1. The van der Waals surface area contributed by atoms with Crippen molar-refractivity contribution in [3.8, 4) is 0 Å². The molecule has 1 unspecified atom stereocenters. The molecule has 0 aromatic carbocycles. The molecule has 2 N–H and O–H groups in total. The van der Waals surface area contributed by atoms with Crippen molar-refractivity contribution in [3.63, 3.8) is 0 Å². The number of nitrogens with zero attached hydrogens (tertiary/aromatic N) is 1. The zero-order chi connectivity index (χ0) is 15.0. The molecule has 1 amide bonds. The minimum absolute atomic E-state index is 0. The summed E-state index contributed by atoms with van der Waals surface area (Å²) in [5.41, 5.74) is 0. The van der Waals surface area contributed by atoms with Gasteiger partial charge in [0.2, 0.25) is 5.91 Å². The minimum Gasteiger partial charge on any atom is -0.353 e. The molecule has 4 nitrogen and oxygen atoms in total. The van der Waals surface area contributed by atoms with Crippen LogP contribution in [-0.2, 0) is 4.79 Å². The fraction of sp³-hybridized carbons (Fsp3) is 0.938. The van der Waals surface area contributed by atoms with Gasteiger partial charge in [-0.3, -0.25) is 9.69 Å². The molecule has 0 aliphatic carbocycles. The quantitative estimate of drug-likeness (QED) is 0.703. The van der Waals surface area contributed by atoms with Crippen LogP contribution >= 0.6 is 24.8 Å². The second kappa shape index (κ2) is 13.4. The lowest BCUT2D eigenvalue weighted by molar-refractivity contribution is -0.124. The monoisotopic (exact) mass is 355 g/mol. The SMILES string of the molecule is CCN(CC)C(CNC(=O)[C@H]1CCCCN1)CC(C)C.Cl.Cl. The van der Waals surface area contributed by atoms with Crippen molar-refractivity contribution >= 4 is 30.7 Å². The molecule has 0 spiro atoms. The third-order valence-electron chi connectivity index (χ3n) is 4.21. The molecule has 1 saturated heterocycles. The van der Waals surface area contributed by atoms with Crippen LogP contribution in [0.5, 0.6) is 0 Å². The summed E-state index contributed by atoms with van der Waals surface area (Å²) in [4.78, 5) is 14.6. The Morgan fingerprint density at radius 1 is 1.23 bits per heavy atom. The van der Waals surface area contributed by atoms with Crippen molar-refractivity contribution in [3.05, 3.63) is 0 Å². The molecule has 0 saturated carbocycles. The van der Waals surface area contributed by atoms with Gasteiger partial charge in [-0.2, -0.15) is 0 Å². The van der Waals surface area contributed by atoms with Gasteiger partial charge in [0.15, 0.2) is 0 Å². The molecule has 6 heteroatoms. The summed E-state index contributed by atoms with van der Waals surface area (Å²) in [6.07, 6.45) is 4.47. The van der Waals surface area contributed by atoms with E-state index in [1.807, 2.05) is 0 Å². The third kappa shape index (κ3) is 8.56. The van der Waals surface area contributed by atoms with Gasteiger partial charge in [0.1, 0.15) is 0 Å². The number of rotatable bonds is 8. The van der Waals surface area contributed by atoms with Gasteiger partial charge in [-0.15, -0.1) is 24.8 Å². The van der Waals surface area contributed by atoms with E-state index in [1.165, 1.54) is 6.42 Å². The van der Waals surface area contributed by atoms with Crippen LogP contribution < -0.4 is 10.6 Å². The van der Waals surface area contributed by atoms with Gasteiger partial charge in [0, 0.05) is 12.6 Å². The van der Waals surface area contributed by atoms with Gasteiger partial charge in [-0.05, 0) is 44.8 Å². The maximum atomic E-state index is 12.2. The number of hydrogen-bond acceptors (Lipinski definition) is 3. The highest BCUT2D eigenvalue weighted by atomic mass is 35.5. The smallest absolute Gasteiger partial charge is 0.237 e. The molecule has 1 fully saturated rings. The van der Waals surface area contributed by atoms with Crippen LogP contribution in [0.1, 0.15) is 53.4 Å². The minimum atomic E-state index is 0. The number of halogens is 2. The Bertz CT molecular complexity index is 281. The molecule has 0 aromatic heterocycles. The molecule has 0 aromatic rings. The number of amides is 1. The molecule has 2 atom stereocenters. The van der Waals surface area contributed by atoms with Crippen LogP contribution in [0.3, 0.4) is 0 Å². The van der Waals surface area contributed by atoms with E-state index in [4.69, 9.17) is 0 Å². The van der Waals surface area contributed by atoms with Crippen LogP contribution in [0.2, 0.25) is 0 Å². The molecule has 22 heavy (non-hydrogen) atoms. The summed E-state index contributed by atoms with van der Waals surface area (Å²) in [5.74, 6) is 0.843. The van der Waals surface area contributed by atoms with Crippen molar-refractivity contribution in [2.24, 2.45) is 5.92 Å². The van der Waals surface area contributed by atoms with Gasteiger partial charge in [0.05, 0.1) is 6.04 Å². The largest absolute Gasteiger partial charge is 0.353 e. The van der Waals surface area contributed by atoms with E-state index >= 15 is 0 Å². The molecule has 1 aliphatic rings. The molecule has 0 radical (unpaired) electrons. The summed E-state index contributed by atoms with van der Waals surface area (Å²) in [6.45, 7) is 12.7. The van der Waals surface area contributed by atoms with Gasteiger partial charge in [0.25, 0.3) is 0 Å². The Hall–Kier alpha value is -0.0300. The summed E-state index contributed by atoms with van der Waals surface area (Å²) in [7, 11) is 0. The molecular formula is C16H35Cl2N3O. The van der Waals surface area contributed by atoms with Crippen molar-refractivity contribution in [1.82, 2.24) is 15.5 Å². The number of likely N-dealkylation sites (N-methyl/N-ethyl adjacent to an activating group) is 1. The molecule has 1 aliphatic heterocycles. The number of piperidine rings is 1. The molecular weight excluding hydrogens is 321 g/mol. The van der Waals surface area contributed by atoms with E-state index in [0.29, 0.717) is 12.0 Å². The summed E-state index contributed by atoms with van der Waals surface area (Å²) in [5, 5.41) is 6.48. The summed E-state index contributed by atoms with van der Waals surface area (Å²) >= 11 is 0. The molecule has 0 bridgehead atoms. The highest BCUT2D eigenvalue weighted by Gasteiger charge is 2.23. The van der Waals surface area contributed by atoms with Crippen molar-refractivity contribution in [1.29, 1.82) is 0 Å². The van der Waals surface area contributed by atoms with Crippen LogP contribution in [-0.4, -0.2) is 49.1 Å². The maximum absolute atomic E-state index is 12.2. The number of carbonyl (C=O) groups excluding carboxylic acids is 1. The highest BCUT2D eigenvalue weighted by Crippen LogP contribution is 2.12. The van der Waals surface area contributed by atoms with Crippen molar-refractivity contribution in [2.45, 2.75) is 65.5 Å². The van der Waals surface area contributed by atoms with Crippen LogP contribution in [0, 0.1) is 5.92 Å². The van der Waals surface area contributed by atoms with E-state index in [1.54, 1.807) is 0 Å². The lowest BCUT2D eigenvalue weighted by Gasteiger charge is -2.32. The Kier molecular flexibility index (Phi) is 14.8. The van der Waals surface area contributed by atoms with Crippen molar-refractivity contribution in [2.75, 3.05) is 26.2 Å². The van der Waals surface area contributed by atoms with E-state index < -0.39 is 0 Å². The first kappa shape index (κ1) is 24.2. The van der Waals surface area contributed by atoms with Gasteiger partial charge in [-0.25, -0.2) is 0 Å². The average Bonchev–Trinajstić information content (AvgIpc) is 2.45. The lowest BCUT2D eigenvalue weighted by Crippen LogP contribution is -2.51. The number of hydrogen-bond donors (Lipinski definition) is 2. The first-order valence-corrected chi connectivity index (χ1v) is 8.33. The topological polar surface area (TPSA) is 44.4 Å².